The number of aryl methyl sites for hydroxylation is 1. The lowest BCUT2D eigenvalue weighted by molar-refractivity contribution is 0.661. The summed E-state index contributed by atoms with van der Waals surface area (Å²) >= 11 is 0. The van der Waals surface area contributed by atoms with Gasteiger partial charge in [0.2, 0.25) is 0 Å². The molecule has 3 heteroatoms. The van der Waals surface area contributed by atoms with Gasteiger partial charge in [-0.1, -0.05) is 135 Å². The average molecular weight is 784 g/mol. The van der Waals surface area contributed by atoms with Crippen molar-refractivity contribution in [2.45, 2.75) is 32.1 Å². The van der Waals surface area contributed by atoms with Crippen molar-refractivity contribution in [1.29, 1.82) is 0 Å². The molecule has 3 nitrogen and oxygen atoms in total. The Morgan fingerprint density at radius 2 is 1.20 bits per heavy atom. The van der Waals surface area contributed by atoms with Crippen molar-refractivity contribution in [1.82, 2.24) is 4.57 Å². The molecule has 1 aliphatic carbocycles. The summed E-state index contributed by atoms with van der Waals surface area (Å²) < 4.78 is 2.41. The molecule has 2 heterocycles. The average Bonchev–Trinajstić information content (AvgIpc) is 3.78. The Bertz CT molecular complexity index is 3300. The highest BCUT2D eigenvalue weighted by Crippen LogP contribution is 2.54. The van der Waals surface area contributed by atoms with Crippen LogP contribution in [0, 0.1) is 0 Å². The molecule has 9 aromatic carbocycles. The zero-order valence-electron chi connectivity index (χ0n) is 34.5. The smallest absolute Gasteiger partial charge is 0.0547 e. The Labute approximate surface area is 357 Å². The van der Waals surface area contributed by atoms with Gasteiger partial charge in [0.05, 0.1) is 16.7 Å². The van der Waals surface area contributed by atoms with Crippen LogP contribution in [0.15, 0.2) is 200 Å². The fraction of sp³-hybridized carbons (Fsp3) is 0.103. The molecule has 1 aromatic heterocycles. The zero-order chi connectivity index (χ0) is 40.7. The number of anilines is 5. The lowest BCUT2D eigenvalue weighted by atomic mass is 9.81. The van der Waals surface area contributed by atoms with Gasteiger partial charge in [-0.2, -0.15) is 0 Å². The molecular formula is C58H45N3. The lowest BCUT2D eigenvalue weighted by Gasteiger charge is -2.33. The molecule has 292 valence electrons. The first-order valence-electron chi connectivity index (χ1n) is 21.6. The van der Waals surface area contributed by atoms with Crippen LogP contribution in [0.1, 0.15) is 37.0 Å². The lowest BCUT2D eigenvalue weighted by Crippen LogP contribution is -2.24. The van der Waals surface area contributed by atoms with E-state index < -0.39 is 0 Å². The highest BCUT2D eigenvalue weighted by Gasteiger charge is 2.38. The van der Waals surface area contributed by atoms with Crippen LogP contribution in [-0.2, 0) is 11.8 Å². The second-order valence-corrected chi connectivity index (χ2v) is 17.2. The predicted molar refractivity (Wildman–Crippen MR) is 258 cm³/mol. The molecule has 0 N–H and O–H groups in total. The van der Waals surface area contributed by atoms with E-state index in [1.54, 1.807) is 0 Å². The minimum Gasteiger partial charge on any atom is -0.341 e. The van der Waals surface area contributed by atoms with E-state index in [9.17, 15) is 0 Å². The van der Waals surface area contributed by atoms with Gasteiger partial charge in [-0.3, -0.25) is 0 Å². The van der Waals surface area contributed by atoms with Crippen LogP contribution in [0.3, 0.4) is 0 Å². The monoisotopic (exact) mass is 783 g/mol. The quantitative estimate of drug-likeness (QED) is 0.166. The SMILES string of the molecule is CC1(C)c2ccccc2-c2cccc(N(c3ccc(-c4ccc5c(c4)c4c6ccccc6ccc4n5-c4ccccc4)cc3)c3ccc(N4CCCc5ccccc54)cc3)c21. The van der Waals surface area contributed by atoms with E-state index >= 15 is 0 Å². The van der Waals surface area contributed by atoms with Crippen molar-refractivity contribution in [3.8, 4) is 27.9 Å². The van der Waals surface area contributed by atoms with E-state index in [1.807, 2.05) is 0 Å². The summed E-state index contributed by atoms with van der Waals surface area (Å²) in [6, 6.07) is 74.2. The van der Waals surface area contributed by atoms with Crippen LogP contribution in [-0.4, -0.2) is 11.1 Å². The van der Waals surface area contributed by atoms with E-state index in [1.165, 1.54) is 94.3 Å². The van der Waals surface area contributed by atoms with Crippen LogP contribution in [0.25, 0.3) is 60.5 Å². The highest BCUT2D eigenvalue weighted by molar-refractivity contribution is 6.22. The minimum absolute atomic E-state index is 0.170. The van der Waals surface area contributed by atoms with Gasteiger partial charge in [0, 0.05) is 51.2 Å². The number of hydrogen-bond acceptors (Lipinski definition) is 2. The summed E-state index contributed by atoms with van der Waals surface area (Å²) in [5, 5.41) is 5.08. The molecule has 0 radical (unpaired) electrons. The molecule has 0 atom stereocenters. The third-order valence-electron chi connectivity index (χ3n) is 13.5. The summed E-state index contributed by atoms with van der Waals surface area (Å²) in [4.78, 5) is 4.96. The van der Waals surface area contributed by atoms with Crippen LogP contribution in [0.2, 0.25) is 0 Å². The molecule has 0 spiro atoms. The molecule has 12 rings (SSSR count). The molecule has 2 aliphatic rings. The van der Waals surface area contributed by atoms with Crippen molar-refractivity contribution in [2.75, 3.05) is 16.3 Å². The minimum atomic E-state index is -0.170. The van der Waals surface area contributed by atoms with Gasteiger partial charge in [0.15, 0.2) is 0 Å². The van der Waals surface area contributed by atoms with Crippen molar-refractivity contribution in [3.05, 3.63) is 217 Å². The molecule has 0 unspecified atom stereocenters. The Kier molecular flexibility index (Phi) is 8.08. The van der Waals surface area contributed by atoms with E-state index in [-0.39, 0.29) is 5.41 Å². The van der Waals surface area contributed by atoms with E-state index in [4.69, 9.17) is 0 Å². The number of para-hydroxylation sites is 2. The van der Waals surface area contributed by atoms with Crippen LogP contribution < -0.4 is 9.80 Å². The fourth-order valence-electron chi connectivity index (χ4n) is 10.6. The van der Waals surface area contributed by atoms with Crippen molar-refractivity contribution in [3.63, 3.8) is 0 Å². The summed E-state index contributed by atoms with van der Waals surface area (Å²) in [5.74, 6) is 0. The first-order valence-corrected chi connectivity index (χ1v) is 21.6. The number of fused-ring (bicyclic) bond motifs is 9. The number of hydrogen-bond donors (Lipinski definition) is 0. The predicted octanol–water partition coefficient (Wildman–Crippen LogP) is 15.5. The molecule has 0 fully saturated rings. The van der Waals surface area contributed by atoms with Crippen molar-refractivity contribution in [2.24, 2.45) is 0 Å². The topological polar surface area (TPSA) is 11.4 Å². The second kappa shape index (κ2) is 13.9. The Morgan fingerprint density at radius 1 is 0.508 bits per heavy atom. The Balaban J connectivity index is 0.992. The van der Waals surface area contributed by atoms with Gasteiger partial charge in [-0.25, -0.2) is 0 Å². The third kappa shape index (κ3) is 5.57. The molecule has 61 heavy (non-hydrogen) atoms. The number of benzene rings is 9. The molecule has 1 aliphatic heterocycles. The summed E-state index contributed by atoms with van der Waals surface area (Å²) in [6.07, 6.45) is 2.29. The Hall–Kier alpha value is -7.36. The standard InChI is InChI=1S/C58H45N3/c1-58(2)51-22-10-9-20-48(51)49-21-12-24-55(57(49)58)60(46-33-31-43(32-34-46)59-37-13-16-41-15-7-11-23-52(41)59)45-29-25-39(26-30-45)42-28-35-53-50(38-42)56-47-19-8-6-14-40(47)27-36-54(56)61(53)44-17-4-3-5-18-44/h3-12,14-15,17-36,38H,13,16,37H2,1-2H3. The Morgan fingerprint density at radius 3 is 2.05 bits per heavy atom. The zero-order valence-corrected chi connectivity index (χ0v) is 34.5. The summed E-state index contributed by atoms with van der Waals surface area (Å²) in [6.45, 7) is 5.79. The third-order valence-corrected chi connectivity index (χ3v) is 13.5. The van der Waals surface area contributed by atoms with Gasteiger partial charge in [-0.05, 0) is 141 Å². The first-order chi connectivity index (χ1) is 30.0. The van der Waals surface area contributed by atoms with Crippen LogP contribution in [0.5, 0.6) is 0 Å². The fourth-order valence-corrected chi connectivity index (χ4v) is 10.6. The van der Waals surface area contributed by atoms with Gasteiger partial charge in [-0.15, -0.1) is 0 Å². The van der Waals surface area contributed by atoms with Gasteiger partial charge < -0.3 is 14.4 Å². The second-order valence-electron chi connectivity index (χ2n) is 17.2. The maximum absolute atomic E-state index is 2.48. The summed E-state index contributed by atoms with van der Waals surface area (Å²) in [5.41, 5.74) is 18.7. The van der Waals surface area contributed by atoms with Gasteiger partial charge >= 0.3 is 0 Å². The highest BCUT2D eigenvalue weighted by atomic mass is 15.2. The number of nitrogens with zero attached hydrogens (tertiary/aromatic N) is 3. The maximum Gasteiger partial charge on any atom is 0.0547 e. The molecule has 0 amide bonds. The van der Waals surface area contributed by atoms with E-state index in [0.717, 1.165) is 30.8 Å². The van der Waals surface area contributed by atoms with E-state index in [0.29, 0.717) is 0 Å². The largest absolute Gasteiger partial charge is 0.341 e. The van der Waals surface area contributed by atoms with Crippen LogP contribution in [0.4, 0.5) is 28.4 Å². The van der Waals surface area contributed by atoms with Crippen molar-refractivity contribution >= 4 is 61.0 Å². The van der Waals surface area contributed by atoms with Crippen molar-refractivity contribution < 1.29 is 0 Å². The number of aromatic nitrogens is 1. The summed E-state index contributed by atoms with van der Waals surface area (Å²) in [7, 11) is 0. The van der Waals surface area contributed by atoms with Crippen LogP contribution >= 0.6 is 0 Å². The molecule has 0 saturated carbocycles. The molecule has 0 bridgehead atoms. The maximum atomic E-state index is 2.48. The first kappa shape index (κ1) is 35.6. The normalized spacial score (nSPS) is 14.0. The van der Waals surface area contributed by atoms with Gasteiger partial charge in [0.1, 0.15) is 0 Å². The molecule has 10 aromatic rings. The molecule has 0 saturated heterocycles. The van der Waals surface area contributed by atoms with E-state index in [2.05, 4.69) is 228 Å². The number of rotatable bonds is 6. The van der Waals surface area contributed by atoms with Gasteiger partial charge in [0.25, 0.3) is 0 Å². The molecular weight excluding hydrogens is 739 g/mol.